The second-order valence-corrected chi connectivity index (χ2v) is 4.37. The fraction of sp³-hybridized carbons (Fsp3) is 0.417. The number of aryl methyl sites for hydroxylation is 1. The lowest BCUT2D eigenvalue weighted by Gasteiger charge is -1.99. The van der Waals surface area contributed by atoms with E-state index < -0.39 is 0 Å². The standard InChI is InChI=1S/C12H14N2O/c1-14-6-11-9(10-5-8(10)7-15)3-2-4-12(11)13-14/h2-4,6,8,10,15H,5,7H2,1H3/t8-,10-/m0/s1. The largest absolute Gasteiger partial charge is 0.396 e. The predicted octanol–water partition coefficient (Wildman–Crippen LogP) is 1.67. The molecule has 1 aromatic carbocycles. The molecule has 0 aliphatic heterocycles. The molecule has 3 nitrogen and oxygen atoms in total. The second kappa shape index (κ2) is 3.07. The number of rotatable bonds is 2. The first-order chi connectivity index (χ1) is 7.29. The topological polar surface area (TPSA) is 38.0 Å². The van der Waals surface area contributed by atoms with E-state index in [1.54, 1.807) is 0 Å². The van der Waals surface area contributed by atoms with E-state index in [0.29, 0.717) is 18.4 Å². The molecule has 78 valence electrons. The number of nitrogens with zero attached hydrogens (tertiary/aromatic N) is 2. The van der Waals surface area contributed by atoms with Gasteiger partial charge in [0.1, 0.15) is 0 Å². The van der Waals surface area contributed by atoms with Crippen molar-refractivity contribution in [2.75, 3.05) is 6.61 Å². The van der Waals surface area contributed by atoms with Gasteiger partial charge in [-0.05, 0) is 29.9 Å². The summed E-state index contributed by atoms with van der Waals surface area (Å²) in [5.41, 5.74) is 2.40. The maximum atomic E-state index is 9.09. The lowest BCUT2D eigenvalue weighted by molar-refractivity contribution is 0.274. The van der Waals surface area contributed by atoms with Crippen molar-refractivity contribution < 1.29 is 5.11 Å². The van der Waals surface area contributed by atoms with Crippen LogP contribution in [0.4, 0.5) is 0 Å². The van der Waals surface area contributed by atoms with Gasteiger partial charge in [-0.2, -0.15) is 5.10 Å². The third kappa shape index (κ3) is 1.35. The Morgan fingerprint density at radius 3 is 3.13 bits per heavy atom. The van der Waals surface area contributed by atoms with Crippen LogP contribution in [0.15, 0.2) is 24.4 Å². The van der Waals surface area contributed by atoms with Crippen LogP contribution in [0.5, 0.6) is 0 Å². The number of aromatic nitrogens is 2. The molecule has 2 aromatic rings. The number of benzene rings is 1. The van der Waals surface area contributed by atoms with Gasteiger partial charge in [-0.15, -0.1) is 0 Å². The van der Waals surface area contributed by atoms with Crippen LogP contribution in [-0.2, 0) is 7.05 Å². The molecular formula is C12H14N2O. The van der Waals surface area contributed by atoms with Crippen LogP contribution in [0.25, 0.3) is 10.9 Å². The van der Waals surface area contributed by atoms with Crippen molar-refractivity contribution in [2.45, 2.75) is 12.3 Å². The van der Waals surface area contributed by atoms with Crippen LogP contribution < -0.4 is 0 Å². The Balaban J connectivity index is 2.10. The summed E-state index contributed by atoms with van der Waals surface area (Å²) in [5.74, 6) is 1.01. The Kier molecular flexibility index (Phi) is 1.83. The Bertz CT molecular complexity index is 503. The maximum Gasteiger partial charge on any atom is 0.0926 e. The van der Waals surface area contributed by atoms with Crippen molar-refractivity contribution in [3.63, 3.8) is 0 Å². The van der Waals surface area contributed by atoms with E-state index in [-0.39, 0.29) is 0 Å². The zero-order valence-electron chi connectivity index (χ0n) is 8.72. The molecule has 1 aliphatic rings. The molecule has 0 radical (unpaired) electrons. The van der Waals surface area contributed by atoms with E-state index in [9.17, 15) is 0 Å². The van der Waals surface area contributed by atoms with Crippen LogP contribution in [0.3, 0.4) is 0 Å². The summed E-state index contributed by atoms with van der Waals surface area (Å²) in [4.78, 5) is 0. The molecule has 0 saturated heterocycles. The van der Waals surface area contributed by atoms with Gasteiger partial charge in [-0.3, -0.25) is 4.68 Å². The highest BCUT2D eigenvalue weighted by molar-refractivity contribution is 5.82. The molecule has 0 bridgehead atoms. The van der Waals surface area contributed by atoms with Crippen molar-refractivity contribution in [3.8, 4) is 0 Å². The summed E-state index contributed by atoms with van der Waals surface area (Å²) in [5, 5.41) is 14.7. The zero-order valence-corrected chi connectivity index (χ0v) is 8.72. The van der Waals surface area contributed by atoms with Gasteiger partial charge in [0.25, 0.3) is 0 Å². The van der Waals surface area contributed by atoms with Crippen molar-refractivity contribution in [1.29, 1.82) is 0 Å². The van der Waals surface area contributed by atoms with Crippen molar-refractivity contribution in [2.24, 2.45) is 13.0 Å². The molecule has 1 fully saturated rings. The molecular weight excluding hydrogens is 188 g/mol. The van der Waals surface area contributed by atoms with Gasteiger partial charge in [0.2, 0.25) is 0 Å². The van der Waals surface area contributed by atoms with Crippen LogP contribution >= 0.6 is 0 Å². The van der Waals surface area contributed by atoms with Gasteiger partial charge in [-0.25, -0.2) is 0 Å². The number of aliphatic hydroxyl groups excluding tert-OH is 1. The number of aliphatic hydroxyl groups is 1. The smallest absolute Gasteiger partial charge is 0.0926 e. The van der Waals surface area contributed by atoms with E-state index in [0.717, 1.165) is 11.9 Å². The maximum absolute atomic E-state index is 9.09. The zero-order chi connectivity index (χ0) is 10.4. The highest BCUT2D eigenvalue weighted by Gasteiger charge is 2.38. The molecule has 1 heterocycles. The molecule has 1 aromatic heterocycles. The third-order valence-electron chi connectivity index (χ3n) is 3.25. The monoisotopic (exact) mass is 202 g/mol. The molecule has 0 spiro atoms. The lowest BCUT2D eigenvalue weighted by Crippen LogP contribution is -1.89. The van der Waals surface area contributed by atoms with E-state index in [4.69, 9.17) is 5.11 Å². The van der Waals surface area contributed by atoms with Gasteiger partial charge in [-0.1, -0.05) is 12.1 Å². The van der Waals surface area contributed by atoms with Crippen LogP contribution in [-0.4, -0.2) is 21.5 Å². The third-order valence-corrected chi connectivity index (χ3v) is 3.25. The van der Waals surface area contributed by atoms with E-state index in [1.165, 1.54) is 10.9 Å². The molecule has 1 saturated carbocycles. The molecule has 2 atom stereocenters. The van der Waals surface area contributed by atoms with Gasteiger partial charge < -0.3 is 5.11 Å². The van der Waals surface area contributed by atoms with E-state index in [1.807, 2.05) is 17.8 Å². The summed E-state index contributed by atoms with van der Waals surface area (Å²) < 4.78 is 1.85. The molecule has 3 rings (SSSR count). The highest BCUT2D eigenvalue weighted by Crippen LogP contribution is 2.48. The first-order valence-electron chi connectivity index (χ1n) is 5.32. The Morgan fingerprint density at radius 1 is 1.53 bits per heavy atom. The average molecular weight is 202 g/mol. The van der Waals surface area contributed by atoms with Crippen LogP contribution in [0.1, 0.15) is 17.9 Å². The Hall–Kier alpha value is -1.35. The summed E-state index contributed by atoms with van der Waals surface area (Å²) in [7, 11) is 1.94. The summed E-state index contributed by atoms with van der Waals surface area (Å²) >= 11 is 0. The van der Waals surface area contributed by atoms with Gasteiger partial charge in [0.05, 0.1) is 5.52 Å². The molecule has 0 amide bonds. The van der Waals surface area contributed by atoms with E-state index in [2.05, 4.69) is 23.4 Å². The van der Waals surface area contributed by atoms with Gasteiger partial charge in [0.15, 0.2) is 0 Å². The first kappa shape index (κ1) is 8.92. The minimum atomic E-state index is 0.307. The molecule has 1 aliphatic carbocycles. The first-order valence-corrected chi connectivity index (χ1v) is 5.32. The highest BCUT2D eigenvalue weighted by atomic mass is 16.3. The number of fused-ring (bicyclic) bond motifs is 1. The lowest BCUT2D eigenvalue weighted by atomic mass is 10.1. The van der Waals surface area contributed by atoms with E-state index >= 15 is 0 Å². The minimum Gasteiger partial charge on any atom is -0.396 e. The summed E-state index contributed by atoms with van der Waals surface area (Å²) in [6.07, 6.45) is 3.18. The van der Waals surface area contributed by atoms with Crippen LogP contribution in [0, 0.1) is 5.92 Å². The van der Waals surface area contributed by atoms with Gasteiger partial charge >= 0.3 is 0 Å². The second-order valence-electron chi connectivity index (χ2n) is 4.37. The SMILES string of the molecule is Cn1cc2c([C@H]3C[C@H]3CO)cccc2n1. The van der Waals surface area contributed by atoms with Crippen molar-refractivity contribution >= 4 is 10.9 Å². The predicted molar refractivity (Wildman–Crippen MR) is 58.6 cm³/mol. The van der Waals surface area contributed by atoms with Crippen molar-refractivity contribution in [3.05, 3.63) is 30.0 Å². The average Bonchev–Trinajstić information content (AvgIpc) is 2.91. The normalized spacial score (nSPS) is 24.7. The number of hydrogen-bond donors (Lipinski definition) is 1. The van der Waals surface area contributed by atoms with Gasteiger partial charge in [0, 0.05) is 25.2 Å². The fourth-order valence-corrected chi connectivity index (χ4v) is 2.34. The Morgan fingerprint density at radius 2 is 2.40 bits per heavy atom. The fourth-order valence-electron chi connectivity index (χ4n) is 2.34. The Labute approximate surface area is 88.3 Å². The van der Waals surface area contributed by atoms with Crippen LogP contribution in [0.2, 0.25) is 0 Å². The molecule has 15 heavy (non-hydrogen) atoms. The molecule has 0 unspecified atom stereocenters. The minimum absolute atomic E-state index is 0.307. The number of hydrogen-bond acceptors (Lipinski definition) is 2. The molecule has 3 heteroatoms. The van der Waals surface area contributed by atoms with Crippen molar-refractivity contribution in [1.82, 2.24) is 9.78 Å². The summed E-state index contributed by atoms with van der Waals surface area (Å²) in [6.45, 7) is 0.307. The molecule has 1 N–H and O–H groups in total. The quantitative estimate of drug-likeness (QED) is 0.804. The summed E-state index contributed by atoms with van der Waals surface area (Å²) in [6, 6.07) is 6.25.